The fraction of sp³-hybridized carbons (Fsp3) is 0.538. The maximum atomic E-state index is 12.3. The summed E-state index contributed by atoms with van der Waals surface area (Å²) >= 11 is 0. The van der Waals surface area contributed by atoms with Gasteiger partial charge in [0.25, 0.3) is 0 Å². The van der Waals surface area contributed by atoms with Gasteiger partial charge in [0.1, 0.15) is 4.90 Å². The van der Waals surface area contributed by atoms with Gasteiger partial charge in [0, 0.05) is 26.2 Å². The van der Waals surface area contributed by atoms with Crippen LogP contribution in [0.4, 0.5) is 5.69 Å². The van der Waals surface area contributed by atoms with Crippen molar-refractivity contribution in [3.63, 3.8) is 0 Å². The van der Waals surface area contributed by atoms with Gasteiger partial charge in [-0.2, -0.15) is 0 Å². The highest BCUT2D eigenvalue weighted by molar-refractivity contribution is 7.89. The third-order valence-electron chi connectivity index (χ3n) is 3.75. The summed E-state index contributed by atoms with van der Waals surface area (Å²) < 4.78 is 25.8. The van der Waals surface area contributed by atoms with Crippen LogP contribution in [0.25, 0.3) is 0 Å². The first-order valence-electron chi connectivity index (χ1n) is 6.41. The molecule has 0 aliphatic heterocycles. The predicted molar refractivity (Wildman–Crippen MR) is 76.6 cm³/mol. The van der Waals surface area contributed by atoms with Crippen LogP contribution in [0.15, 0.2) is 29.2 Å². The highest BCUT2D eigenvalue weighted by atomic mass is 32.2. The molecule has 0 aromatic heterocycles. The molecule has 0 unspecified atom stereocenters. The number of nitrogens with zero attached hydrogens (tertiary/aromatic N) is 1. The number of nitrogens with two attached hydrogens (primary N) is 1. The molecule has 1 saturated carbocycles. The van der Waals surface area contributed by atoms with E-state index < -0.39 is 10.0 Å². The number of sulfonamides is 1. The molecule has 1 aliphatic carbocycles. The maximum Gasteiger partial charge on any atom is 0.244 e. The molecule has 0 bridgehead atoms. The summed E-state index contributed by atoms with van der Waals surface area (Å²) in [5.74, 6) is 0. The highest BCUT2D eigenvalue weighted by Gasteiger charge is 2.36. The Bertz CT molecular complexity index is 545. The second-order valence-electron chi connectivity index (χ2n) is 5.25. The minimum atomic E-state index is -3.44. The lowest BCUT2D eigenvalue weighted by Crippen LogP contribution is -2.51. The molecular formula is C13H21N3O2S. The lowest BCUT2D eigenvalue weighted by molar-refractivity contribution is 0.287. The van der Waals surface area contributed by atoms with E-state index in [1.165, 1.54) is 18.4 Å². The normalized spacial score (nSPS) is 18.1. The Hall–Kier alpha value is -1.11. The lowest BCUT2D eigenvalue weighted by atomic mass is 9.76. The van der Waals surface area contributed by atoms with Crippen molar-refractivity contribution in [2.45, 2.75) is 29.7 Å². The Morgan fingerprint density at radius 1 is 1.32 bits per heavy atom. The molecule has 0 amide bonds. The van der Waals surface area contributed by atoms with E-state index in [4.69, 9.17) is 5.73 Å². The van der Waals surface area contributed by atoms with Crippen LogP contribution < -0.4 is 11.1 Å². The minimum absolute atomic E-state index is 0.141. The fourth-order valence-electron chi connectivity index (χ4n) is 2.26. The molecule has 1 aliphatic rings. The van der Waals surface area contributed by atoms with Crippen molar-refractivity contribution in [3.05, 3.63) is 24.3 Å². The fourth-order valence-corrected chi connectivity index (χ4v) is 3.30. The molecule has 3 N–H and O–H groups in total. The topological polar surface area (TPSA) is 75.4 Å². The van der Waals surface area contributed by atoms with E-state index in [2.05, 4.69) is 5.32 Å². The van der Waals surface area contributed by atoms with Gasteiger partial charge < -0.3 is 11.1 Å². The van der Waals surface area contributed by atoms with Gasteiger partial charge in [-0.3, -0.25) is 0 Å². The van der Waals surface area contributed by atoms with E-state index in [1.807, 2.05) is 6.07 Å². The summed E-state index contributed by atoms with van der Waals surface area (Å²) in [5, 5.41) is 3.34. The molecule has 0 heterocycles. The summed E-state index contributed by atoms with van der Waals surface area (Å²) in [7, 11) is -0.371. The van der Waals surface area contributed by atoms with Gasteiger partial charge in [-0.1, -0.05) is 12.1 Å². The molecule has 0 spiro atoms. The van der Waals surface area contributed by atoms with Gasteiger partial charge in [0.15, 0.2) is 0 Å². The van der Waals surface area contributed by atoms with Crippen LogP contribution >= 0.6 is 0 Å². The molecule has 0 saturated heterocycles. The zero-order chi connectivity index (χ0) is 14.1. The Kier molecular flexibility index (Phi) is 3.85. The molecule has 106 valence electrons. The number of hydrogen-bond donors (Lipinski definition) is 2. The first-order chi connectivity index (χ1) is 8.91. The molecular weight excluding hydrogens is 262 g/mol. The first-order valence-corrected chi connectivity index (χ1v) is 7.85. The average molecular weight is 283 g/mol. The number of hydrogen-bond acceptors (Lipinski definition) is 4. The number of anilines is 1. The summed E-state index contributed by atoms with van der Waals surface area (Å²) in [6, 6.07) is 6.99. The van der Waals surface area contributed by atoms with Crippen LogP contribution in [0.3, 0.4) is 0 Å². The third kappa shape index (κ3) is 2.61. The number of nitrogens with one attached hydrogen (secondary N) is 1. The summed E-state index contributed by atoms with van der Waals surface area (Å²) in [5.41, 5.74) is 6.31. The van der Waals surface area contributed by atoms with E-state index >= 15 is 0 Å². The zero-order valence-corrected chi connectivity index (χ0v) is 12.2. The van der Waals surface area contributed by atoms with Gasteiger partial charge in [0.05, 0.1) is 5.69 Å². The summed E-state index contributed by atoms with van der Waals surface area (Å²) in [6.07, 6.45) is 3.10. The highest BCUT2D eigenvalue weighted by Crippen LogP contribution is 2.36. The van der Waals surface area contributed by atoms with Gasteiger partial charge in [0.2, 0.25) is 10.0 Å². The largest absolute Gasteiger partial charge is 0.377 e. The lowest BCUT2D eigenvalue weighted by Gasteiger charge is -2.43. The molecule has 2 rings (SSSR count). The van der Waals surface area contributed by atoms with Gasteiger partial charge in [-0.05, 0) is 31.4 Å². The average Bonchev–Trinajstić information content (AvgIpc) is 2.34. The molecule has 5 nitrogen and oxygen atoms in total. The van der Waals surface area contributed by atoms with E-state index in [1.54, 1.807) is 18.2 Å². The number of benzene rings is 1. The smallest absolute Gasteiger partial charge is 0.244 e. The quantitative estimate of drug-likeness (QED) is 0.852. The van der Waals surface area contributed by atoms with Crippen molar-refractivity contribution in [3.8, 4) is 0 Å². The zero-order valence-electron chi connectivity index (χ0n) is 11.4. The second kappa shape index (κ2) is 5.11. The first kappa shape index (κ1) is 14.3. The molecule has 1 aromatic rings. The van der Waals surface area contributed by atoms with E-state index in [9.17, 15) is 8.42 Å². The van der Waals surface area contributed by atoms with Crippen molar-refractivity contribution in [2.75, 3.05) is 26.0 Å². The third-order valence-corrected chi connectivity index (χ3v) is 5.62. The molecule has 1 fully saturated rings. The molecule has 0 atom stereocenters. The van der Waals surface area contributed by atoms with Gasteiger partial charge in [-0.25, -0.2) is 12.7 Å². The summed E-state index contributed by atoms with van der Waals surface area (Å²) in [4.78, 5) is 0.305. The van der Waals surface area contributed by atoms with Crippen molar-refractivity contribution < 1.29 is 8.42 Å². The maximum absolute atomic E-state index is 12.3. The molecule has 6 heteroatoms. The Labute approximate surface area is 114 Å². The Morgan fingerprint density at radius 3 is 2.42 bits per heavy atom. The van der Waals surface area contributed by atoms with Crippen molar-refractivity contribution in [2.24, 2.45) is 5.73 Å². The Balaban J connectivity index is 2.37. The SMILES string of the molecule is CN(C)S(=O)(=O)c1ccccc1NC1(CN)CCC1. The van der Waals surface area contributed by atoms with E-state index in [-0.39, 0.29) is 5.54 Å². The van der Waals surface area contributed by atoms with Crippen LogP contribution in [0.5, 0.6) is 0 Å². The van der Waals surface area contributed by atoms with Crippen LogP contribution in [0, 0.1) is 0 Å². The standard InChI is InChI=1S/C13H21N3O2S/c1-16(2)19(17,18)12-7-4-3-6-11(12)15-13(10-14)8-5-9-13/h3-4,6-7,15H,5,8-10,14H2,1-2H3. The van der Waals surface area contributed by atoms with E-state index in [0.717, 1.165) is 19.3 Å². The number of rotatable bonds is 5. The van der Waals surface area contributed by atoms with Crippen molar-refractivity contribution in [1.82, 2.24) is 4.31 Å². The molecule has 1 aromatic carbocycles. The van der Waals surface area contributed by atoms with Gasteiger partial charge in [-0.15, -0.1) is 0 Å². The molecule has 19 heavy (non-hydrogen) atoms. The molecule has 0 radical (unpaired) electrons. The summed E-state index contributed by atoms with van der Waals surface area (Å²) in [6.45, 7) is 0.517. The van der Waals surface area contributed by atoms with E-state index in [0.29, 0.717) is 17.1 Å². The monoisotopic (exact) mass is 283 g/mol. The minimum Gasteiger partial charge on any atom is -0.377 e. The van der Waals surface area contributed by atoms with Crippen LogP contribution in [0.2, 0.25) is 0 Å². The second-order valence-corrected chi connectivity index (χ2v) is 7.37. The number of para-hydroxylation sites is 1. The van der Waals surface area contributed by atoms with Crippen molar-refractivity contribution >= 4 is 15.7 Å². The van der Waals surface area contributed by atoms with Crippen molar-refractivity contribution in [1.29, 1.82) is 0 Å². The van der Waals surface area contributed by atoms with Crippen LogP contribution in [-0.2, 0) is 10.0 Å². The Morgan fingerprint density at radius 2 is 1.95 bits per heavy atom. The van der Waals surface area contributed by atoms with Crippen LogP contribution in [0.1, 0.15) is 19.3 Å². The predicted octanol–water partition coefficient (Wildman–Crippen LogP) is 1.23. The van der Waals surface area contributed by atoms with Crippen LogP contribution in [-0.4, -0.2) is 38.9 Å². The van der Waals surface area contributed by atoms with Gasteiger partial charge >= 0.3 is 0 Å².